The SMILES string of the molecule is O=[S@@]1c2c(nc(C3CCN(c4ccc(Cl)cc4)CC3)nc2NC2(CO)CCC2)CC1(F)F. The molecule has 2 aliphatic heterocycles. The normalized spacial score (nSPS) is 24.1. The predicted molar refractivity (Wildman–Crippen MR) is 120 cm³/mol. The van der Waals surface area contributed by atoms with E-state index in [0.29, 0.717) is 10.8 Å². The van der Waals surface area contributed by atoms with Crippen molar-refractivity contribution in [2.24, 2.45) is 0 Å². The van der Waals surface area contributed by atoms with Crippen LogP contribution in [0, 0.1) is 0 Å². The molecule has 0 radical (unpaired) electrons. The molecule has 2 fully saturated rings. The third kappa shape index (κ3) is 3.88. The maximum atomic E-state index is 14.3. The maximum absolute atomic E-state index is 14.3. The second-order valence-corrected chi connectivity index (χ2v) is 10.9. The van der Waals surface area contributed by atoms with E-state index in [4.69, 9.17) is 11.6 Å². The molecule has 2 aromatic rings. The van der Waals surface area contributed by atoms with Gasteiger partial charge in [0.25, 0.3) is 0 Å². The van der Waals surface area contributed by atoms with Crippen molar-refractivity contribution in [2.75, 3.05) is 29.9 Å². The fourth-order valence-corrected chi connectivity index (χ4v) is 6.03. The number of aliphatic hydroxyl groups is 1. The molecule has 1 atom stereocenters. The van der Waals surface area contributed by atoms with Crippen LogP contribution in [0.3, 0.4) is 0 Å². The van der Waals surface area contributed by atoms with Gasteiger partial charge in [-0.3, -0.25) is 0 Å². The number of halogens is 3. The molecule has 1 aromatic carbocycles. The molecule has 3 heterocycles. The van der Waals surface area contributed by atoms with Crippen LogP contribution in [0.15, 0.2) is 29.2 Å². The summed E-state index contributed by atoms with van der Waals surface area (Å²) < 4.78 is 41.1. The zero-order valence-electron chi connectivity index (χ0n) is 17.5. The van der Waals surface area contributed by atoms with Crippen LogP contribution in [-0.4, -0.2) is 49.8 Å². The zero-order valence-corrected chi connectivity index (χ0v) is 19.1. The number of aliphatic hydroxyl groups excluding tert-OH is 1. The molecule has 1 saturated carbocycles. The zero-order chi connectivity index (χ0) is 22.5. The molecule has 10 heteroatoms. The Bertz CT molecular complexity index is 1040. The lowest BCUT2D eigenvalue weighted by Crippen LogP contribution is -2.48. The summed E-state index contributed by atoms with van der Waals surface area (Å²) in [4.78, 5) is 11.3. The van der Waals surface area contributed by atoms with E-state index in [1.54, 1.807) is 0 Å². The number of piperidine rings is 1. The number of aromatic nitrogens is 2. The number of rotatable bonds is 5. The smallest absolute Gasteiger partial charge is 0.331 e. The van der Waals surface area contributed by atoms with Crippen LogP contribution in [0.1, 0.15) is 49.5 Å². The Morgan fingerprint density at radius 3 is 2.47 bits per heavy atom. The van der Waals surface area contributed by atoms with Gasteiger partial charge in [-0.15, -0.1) is 0 Å². The van der Waals surface area contributed by atoms with Crippen molar-refractivity contribution < 1.29 is 18.1 Å². The Morgan fingerprint density at radius 1 is 1.19 bits per heavy atom. The lowest BCUT2D eigenvalue weighted by atomic mass is 9.77. The van der Waals surface area contributed by atoms with Crippen molar-refractivity contribution in [1.82, 2.24) is 9.97 Å². The van der Waals surface area contributed by atoms with Crippen LogP contribution in [0.5, 0.6) is 0 Å². The van der Waals surface area contributed by atoms with Crippen molar-refractivity contribution in [2.45, 2.75) is 60.1 Å². The summed E-state index contributed by atoms with van der Waals surface area (Å²) in [6.07, 6.45) is 3.31. The van der Waals surface area contributed by atoms with Gasteiger partial charge in [0, 0.05) is 29.7 Å². The molecule has 1 aromatic heterocycles. The number of nitrogens with one attached hydrogen (secondary N) is 1. The molecule has 5 rings (SSSR count). The molecule has 0 bridgehead atoms. The van der Waals surface area contributed by atoms with E-state index in [9.17, 15) is 18.1 Å². The van der Waals surface area contributed by atoms with Gasteiger partial charge < -0.3 is 15.3 Å². The van der Waals surface area contributed by atoms with Gasteiger partial charge in [0.2, 0.25) is 0 Å². The van der Waals surface area contributed by atoms with E-state index in [1.807, 2.05) is 24.3 Å². The minimum absolute atomic E-state index is 0.00271. The average Bonchev–Trinajstić information content (AvgIpc) is 2.99. The summed E-state index contributed by atoms with van der Waals surface area (Å²) in [6.45, 7) is 1.46. The molecule has 3 aliphatic rings. The second kappa shape index (κ2) is 8.18. The number of alkyl halides is 2. The molecular weight excluding hydrogens is 458 g/mol. The lowest BCUT2D eigenvalue weighted by Gasteiger charge is -2.41. The Morgan fingerprint density at radius 2 is 1.88 bits per heavy atom. The summed E-state index contributed by atoms with van der Waals surface area (Å²) >= 11 is 5.98. The molecule has 32 heavy (non-hydrogen) atoms. The van der Waals surface area contributed by atoms with E-state index in [2.05, 4.69) is 20.2 Å². The summed E-state index contributed by atoms with van der Waals surface area (Å²) in [5.74, 6) is 0.747. The third-order valence-corrected chi connectivity index (χ3v) is 8.57. The van der Waals surface area contributed by atoms with Gasteiger partial charge in [0.15, 0.2) is 0 Å². The Hall–Kier alpha value is -1.84. The van der Waals surface area contributed by atoms with E-state index in [1.165, 1.54) is 0 Å². The van der Waals surface area contributed by atoms with Crippen molar-refractivity contribution in [3.63, 3.8) is 0 Å². The molecule has 1 saturated heterocycles. The summed E-state index contributed by atoms with van der Waals surface area (Å²) in [7, 11) is -2.50. The van der Waals surface area contributed by atoms with Crippen molar-refractivity contribution >= 4 is 33.9 Å². The quantitative estimate of drug-likeness (QED) is 0.668. The highest BCUT2D eigenvalue weighted by Crippen LogP contribution is 2.44. The molecule has 0 unspecified atom stereocenters. The maximum Gasteiger partial charge on any atom is 0.331 e. The van der Waals surface area contributed by atoms with Gasteiger partial charge in [0.05, 0.1) is 24.3 Å². The Labute approximate surface area is 192 Å². The van der Waals surface area contributed by atoms with Crippen LogP contribution in [0.25, 0.3) is 0 Å². The Balaban J connectivity index is 1.41. The van der Waals surface area contributed by atoms with Crippen molar-refractivity contribution in [3.05, 3.63) is 40.8 Å². The number of nitrogens with zero attached hydrogens (tertiary/aromatic N) is 3. The number of hydrogen-bond acceptors (Lipinski definition) is 6. The number of benzene rings is 1. The summed E-state index contributed by atoms with van der Waals surface area (Å²) in [5, 5.41) is 10.4. The van der Waals surface area contributed by atoms with Crippen molar-refractivity contribution in [3.8, 4) is 0 Å². The van der Waals surface area contributed by atoms with E-state index in [0.717, 1.165) is 50.9 Å². The van der Waals surface area contributed by atoms with Crippen LogP contribution in [0.4, 0.5) is 20.3 Å². The number of hydrogen-bond donors (Lipinski definition) is 2. The first-order chi connectivity index (χ1) is 15.3. The first-order valence-corrected chi connectivity index (χ1v) is 12.4. The third-order valence-electron chi connectivity index (χ3n) is 6.83. The predicted octanol–water partition coefficient (Wildman–Crippen LogP) is 4.10. The number of fused-ring (bicyclic) bond motifs is 1. The van der Waals surface area contributed by atoms with Crippen molar-refractivity contribution in [1.29, 1.82) is 0 Å². The Kier molecular flexibility index (Phi) is 5.62. The molecular formula is C22H25ClF2N4O2S. The minimum Gasteiger partial charge on any atom is -0.394 e. The van der Waals surface area contributed by atoms with Crippen LogP contribution in [-0.2, 0) is 17.2 Å². The van der Waals surface area contributed by atoms with Crippen LogP contribution in [0.2, 0.25) is 5.02 Å². The molecule has 0 spiro atoms. The van der Waals surface area contributed by atoms with Gasteiger partial charge in [-0.05, 0) is 56.4 Å². The molecule has 0 amide bonds. The van der Waals surface area contributed by atoms with Gasteiger partial charge in [-0.2, -0.15) is 8.78 Å². The fourth-order valence-electron chi connectivity index (χ4n) is 4.73. The van der Waals surface area contributed by atoms with E-state index in [-0.39, 0.29) is 28.9 Å². The lowest BCUT2D eigenvalue weighted by molar-refractivity contribution is 0.104. The number of anilines is 2. The minimum atomic E-state index is -3.35. The highest BCUT2D eigenvalue weighted by atomic mass is 35.5. The molecule has 2 N–H and O–H groups in total. The van der Waals surface area contributed by atoms with Gasteiger partial charge in [-0.1, -0.05) is 11.6 Å². The second-order valence-electron chi connectivity index (χ2n) is 8.94. The molecule has 6 nitrogen and oxygen atoms in total. The van der Waals surface area contributed by atoms with Crippen LogP contribution >= 0.6 is 11.6 Å². The van der Waals surface area contributed by atoms with Gasteiger partial charge in [0.1, 0.15) is 27.3 Å². The van der Waals surface area contributed by atoms with Gasteiger partial charge in [-0.25, -0.2) is 14.2 Å². The first kappa shape index (κ1) is 22.0. The first-order valence-electron chi connectivity index (χ1n) is 10.9. The molecule has 172 valence electrons. The highest BCUT2D eigenvalue weighted by Gasteiger charge is 2.50. The fraction of sp³-hybridized carbons (Fsp3) is 0.545. The van der Waals surface area contributed by atoms with Crippen LogP contribution < -0.4 is 10.2 Å². The summed E-state index contributed by atoms with van der Waals surface area (Å²) in [6, 6.07) is 7.70. The highest BCUT2D eigenvalue weighted by molar-refractivity contribution is 7.86. The monoisotopic (exact) mass is 482 g/mol. The van der Waals surface area contributed by atoms with E-state index < -0.39 is 28.0 Å². The largest absolute Gasteiger partial charge is 0.394 e. The standard InChI is InChI=1S/C22H25ClF2N4O2S/c23-15-2-4-16(5-3-15)29-10-6-14(7-11-29)19-26-17-12-22(24,25)32(31)18(17)20(27-19)28-21(13-30)8-1-9-21/h2-5,14,30H,1,6-13H2,(H,26,27,28)/t32-/m1/s1. The topological polar surface area (TPSA) is 78.4 Å². The molecule has 1 aliphatic carbocycles. The van der Waals surface area contributed by atoms with Gasteiger partial charge >= 0.3 is 5.25 Å². The average molecular weight is 483 g/mol. The van der Waals surface area contributed by atoms with E-state index >= 15 is 0 Å². The summed E-state index contributed by atoms with van der Waals surface area (Å²) in [5.41, 5.74) is 0.669.